The second-order valence-corrected chi connectivity index (χ2v) is 4.84. The van der Waals surface area contributed by atoms with Crippen molar-refractivity contribution in [3.8, 4) is 0 Å². The predicted molar refractivity (Wildman–Crippen MR) is 70.9 cm³/mol. The third-order valence-corrected chi connectivity index (χ3v) is 3.15. The van der Waals surface area contributed by atoms with Crippen LogP contribution in [0.3, 0.4) is 0 Å². The average molecular weight is 264 g/mol. The fourth-order valence-corrected chi connectivity index (χ4v) is 2.09. The Morgan fingerprint density at radius 1 is 1.33 bits per heavy atom. The fraction of sp³-hybridized carbons (Fsp3) is 0.417. The SMILES string of the molecule is CCCNc1nccc(Sc2nc(C)c(C)o2)n1. The second kappa shape index (κ2) is 5.86. The molecule has 96 valence electrons. The topological polar surface area (TPSA) is 63.8 Å². The van der Waals surface area contributed by atoms with E-state index in [4.69, 9.17) is 4.42 Å². The van der Waals surface area contributed by atoms with E-state index in [9.17, 15) is 0 Å². The van der Waals surface area contributed by atoms with Gasteiger partial charge >= 0.3 is 0 Å². The van der Waals surface area contributed by atoms with Gasteiger partial charge in [-0.25, -0.2) is 15.0 Å². The zero-order valence-electron chi connectivity index (χ0n) is 10.7. The van der Waals surface area contributed by atoms with Gasteiger partial charge in [0.2, 0.25) is 5.95 Å². The van der Waals surface area contributed by atoms with E-state index in [1.165, 1.54) is 11.8 Å². The molecule has 0 spiro atoms. The molecule has 0 aliphatic heterocycles. The molecule has 2 aromatic heterocycles. The van der Waals surface area contributed by atoms with Crippen molar-refractivity contribution in [3.63, 3.8) is 0 Å². The van der Waals surface area contributed by atoms with Crippen LogP contribution < -0.4 is 5.32 Å². The monoisotopic (exact) mass is 264 g/mol. The van der Waals surface area contributed by atoms with E-state index in [-0.39, 0.29) is 0 Å². The molecule has 0 saturated carbocycles. The van der Waals surface area contributed by atoms with Gasteiger partial charge in [0, 0.05) is 12.7 Å². The number of aromatic nitrogens is 3. The summed E-state index contributed by atoms with van der Waals surface area (Å²) >= 11 is 1.40. The summed E-state index contributed by atoms with van der Waals surface area (Å²) < 4.78 is 5.51. The minimum Gasteiger partial charge on any atom is -0.436 e. The molecule has 0 unspecified atom stereocenters. The number of hydrogen-bond acceptors (Lipinski definition) is 6. The van der Waals surface area contributed by atoms with Crippen LogP contribution in [0.25, 0.3) is 0 Å². The van der Waals surface area contributed by atoms with Gasteiger partial charge in [0.05, 0.1) is 5.69 Å². The summed E-state index contributed by atoms with van der Waals surface area (Å²) in [5, 5.41) is 4.59. The Hall–Kier alpha value is -1.56. The molecule has 0 aliphatic carbocycles. The quantitative estimate of drug-likeness (QED) is 0.837. The van der Waals surface area contributed by atoms with E-state index >= 15 is 0 Å². The molecule has 0 atom stereocenters. The minimum atomic E-state index is 0.616. The maximum Gasteiger partial charge on any atom is 0.262 e. The summed E-state index contributed by atoms with van der Waals surface area (Å²) in [7, 11) is 0. The molecule has 18 heavy (non-hydrogen) atoms. The molecule has 0 amide bonds. The van der Waals surface area contributed by atoms with Gasteiger partial charge < -0.3 is 9.73 Å². The van der Waals surface area contributed by atoms with Gasteiger partial charge in [-0.2, -0.15) is 0 Å². The van der Waals surface area contributed by atoms with Crippen LogP contribution in [0.5, 0.6) is 0 Å². The van der Waals surface area contributed by atoms with E-state index in [0.717, 1.165) is 29.4 Å². The lowest BCUT2D eigenvalue weighted by molar-refractivity contribution is 0.431. The van der Waals surface area contributed by atoms with Gasteiger partial charge in [-0.05, 0) is 38.1 Å². The van der Waals surface area contributed by atoms with E-state index in [1.54, 1.807) is 6.20 Å². The minimum absolute atomic E-state index is 0.616. The lowest BCUT2D eigenvalue weighted by atomic mass is 10.4. The highest BCUT2D eigenvalue weighted by molar-refractivity contribution is 7.99. The third-order valence-electron chi connectivity index (χ3n) is 2.36. The maximum absolute atomic E-state index is 5.51. The van der Waals surface area contributed by atoms with Crippen LogP contribution >= 0.6 is 11.8 Å². The highest BCUT2D eigenvalue weighted by Crippen LogP contribution is 2.26. The standard InChI is InChI=1S/C12H16N4OS/c1-4-6-13-11-14-7-5-10(16-11)18-12-15-8(2)9(3)17-12/h5,7H,4,6H2,1-3H3,(H,13,14,16). The lowest BCUT2D eigenvalue weighted by Gasteiger charge is -2.03. The molecule has 0 fully saturated rings. The molecular weight excluding hydrogens is 248 g/mol. The summed E-state index contributed by atoms with van der Waals surface area (Å²) in [6.07, 6.45) is 2.77. The van der Waals surface area contributed by atoms with Crippen molar-refractivity contribution >= 4 is 17.7 Å². The molecule has 0 saturated heterocycles. The summed E-state index contributed by atoms with van der Waals surface area (Å²) in [6, 6.07) is 1.84. The molecule has 0 aliphatic rings. The number of oxazole rings is 1. The normalized spacial score (nSPS) is 10.6. The van der Waals surface area contributed by atoms with Crippen molar-refractivity contribution < 1.29 is 4.42 Å². The van der Waals surface area contributed by atoms with E-state index in [2.05, 4.69) is 27.2 Å². The average Bonchev–Trinajstić information content (AvgIpc) is 2.66. The molecule has 2 aromatic rings. The van der Waals surface area contributed by atoms with Gasteiger partial charge in [-0.1, -0.05) is 6.92 Å². The molecule has 5 nitrogen and oxygen atoms in total. The van der Waals surface area contributed by atoms with E-state index in [0.29, 0.717) is 11.2 Å². The lowest BCUT2D eigenvalue weighted by Crippen LogP contribution is -2.04. The Morgan fingerprint density at radius 2 is 2.17 bits per heavy atom. The van der Waals surface area contributed by atoms with Crippen LogP contribution in [-0.2, 0) is 0 Å². The molecule has 0 aromatic carbocycles. The van der Waals surface area contributed by atoms with Gasteiger partial charge in [-0.3, -0.25) is 0 Å². The highest BCUT2D eigenvalue weighted by Gasteiger charge is 2.08. The summed E-state index contributed by atoms with van der Waals surface area (Å²) in [4.78, 5) is 12.9. The van der Waals surface area contributed by atoms with Crippen molar-refractivity contribution in [3.05, 3.63) is 23.7 Å². The molecule has 1 N–H and O–H groups in total. The van der Waals surface area contributed by atoms with Crippen LogP contribution in [-0.4, -0.2) is 21.5 Å². The number of aryl methyl sites for hydroxylation is 2. The molecule has 6 heteroatoms. The summed E-state index contributed by atoms with van der Waals surface area (Å²) in [5.41, 5.74) is 0.913. The van der Waals surface area contributed by atoms with Crippen LogP contribution in [0, 0.1) is 13.8 Å². The summed E-state index contributed by atoms with van der Waals surface area (Å²) in [5.74, 6) is 1.48. The highest BCUT2D eigenvalue weighted by atomic mass is 32.2. The number of anilines is 1. The Bertz CT molecular complexity index is 507. The van der Waals surface area contributed by atoms with Gasteiger partial charge in [0.15, 0.2) is 0 Å². The first-order chi connectivity index (χ1) is 8.69. The van der Waals surface area contributed by atoms with Crippen LogP contribution in [0.4, 0.5) is 5.95 Å². The van der Waals surface area contributed by atoms with Gasteiger partial charge in [0.1, 0.15) is 10.8 Å². The Labute approximate surface area is 110 Å². The van der Waals surface area contributed by atoms with Gasteiger partial charge in [0.25, 0.3) is 5.22 Å². The predicted octanol–water partition coefficient (Wildman–Crippen LogP) is 3.05. The first kappa shape index (κ1) is 12.9. The van der Waals surface area contributed by atoms with Crippen molar-refractivity contribution in [2.75, 3.05) is 11.9 Å². The second-order valence-electron chi connectivity index (χ2n) is 3.87. The summed E-state index contributed by atoms with van der Waals surface area (Å²) in [6.45, 7) is 6.80. The van der Waals surface area contributed by atoms with Crippen molar-refractivity contribution in [2.45, 2.75) is 37.4 Å². The molecule has 2 rings (SSSR count). The first-order valence-electron chi connectivity index (χ1n) is 5.88. The molecular formula is C12H16N4OS. The molecule has 0 radical (unpaired) electrons. The van der Waals surface area contributed by atoms with Crippen molar-refractivity contribution in [1.29, 1.82) is 0 Å². The zero-order chi connectivity index (χ0) is 13.0. The molecule has 0 bridgehead atoms. The fourth-order valence-electron chi connectivity index (χ4n) is 1.30. The zero-order valence-corrected chi connectivity index (χ0v) is 11.5. The van der Waals surface area contributed by atoms with E-state index in [1.807, 2.05) is 19.9 Å². The van der Waals surface area contributed by atoms with Crippen LogP contribution in [0.2, 0.25) is 0 Å². The molecule has 2 heterocycles. The van der Waals surface area contributed by atoms with Crippen molar-refractivity contribution in [2.24, 2.45) is 0 Å². The number of nitrogens with zero attached hydrogens (tertiary/aromatic N) is 3. The van der Waals surface area contributed by atoms with Gasteiger partial charge in [-0.15, -0.1) is 0 Å². The number of nitrogens with one attached hydrogen (secondary N) is 1. The Morgan fingerprint density at radius 3 is 2.83 bits per heavy atom. The third kappa shape index (κ3) is 3.22. The largest absolute Gasteiger partial charge is 0.436 e. The Kier molecular flexibility index (Phi) is 4.19. The van der Waals surface area contributed by atoms with E-state index < -0.39 is 0 Å². The van der Waals surface area contributed by atoms with Crippen LogP contribution in [0.1, 0.15) is 24.8 Å². The number of rotatable bonds is 5. The maximum atomic E-state index is 5.51. The smallest absolute Gasteiger partial charge is 0.262 e. The first-order valence-corrected chi connectivity index (χ1v) is 6.69. The van der Waals surface area contributed by atoms with Crippen LogP contribution in [0.15, 0.2) is 26.9 Å². The number of hydrogen-bond donors (Lipinski definition) is 1. The van der Waals surface area contributed by atoms with Crippen molar-refractivity contribution in [1.82, 2.24) is 15.0 Å². The Balaban J connectivity index is 2.09.